The van der Waals surface area contributed by atoms with Crippen LogP contribution in [0.2, 0.25) is 61.4 Å². The van der Waals surface area contributed by atoms with Crippen molar-refractivity contribution in [1.29, 1.82) is 0 Å². The minimum atomic E-state index is -5.25. The van der Waals surface area contributed by atoms with E-state index >= 15 is 0 Å². The number of hydrogen-bond donors (Lipinski definition) is 4. The Hall–Kier alpha value is -7.46. The molecule has 0 radical (unpaired) electrons. The number of fused-ring (bicyclic) bond motifs is 4. The smallest absolute Gasteiger partial charge is 0.456 e. The van der Waals surface area contributed by atoms with E-state index in [1.54, 1.807) is 53.1 Å². The van der Waals surface area contributed by atoms with E-state index in [0.29, 0.717) is 94.6 Å². The number of amides is 3. The van der Waals surface area contributed by atoms with Crippen LogP contribution in [0.3, 0.4) is 0 Å². The Morgan fingerprint density at radius 1 is 0.521 bits per heavy atom. The van der Waals surface area contributed by atoms with Gasteiger partial charge in [-0.15, -0.1) is 8.73 Å². The summed E-state index contributed by atoms with van der Waals surface area (Å²) in [5.74, 6) is -7.01. The van der Waals surface area contributed by atoms with Crippen LogP contribution in [-0.2, 0) is 107 Å². The number of pyridine rings is 2. The summed E-state index contributed by atoms with van der Waals surface area (Å²) in [7, 11) is -7.60. The Kier molecular flexibility index (Phi) is 37.5. The van der Waals surface area contributed by atoms with E-state index in [1.807, 2.05) is 80.8 Å². The van der Waals surface area contributed by atoms with E-state index < -0.39 is 155 Å². The average molecular weight is 2310 g/mol. The van der Waals surface area contributed by atoms with E-state index in [9.17, 15) is 80.9 Å². The number of aliphatic hydroxyl groups excluding tert-OH is 2. The number of nitrogens with one attached hydrogen (secondary N) is 1. The maximum absolute atomic E-state index is 13.4. The number of benzene rings is 6. The minimum absolute atomic E-state index is 0.0262. The van der Waals surface area contributed by atoms with Crippen LogP contribution in [-0.4, -0.2) is 257 Å². The van der Waals surface area contributed by atoms with E-state index in [1.165, 1.54) is 93.6 Å². The second kappa shape index (κ2) is 46.5. The van der Waals surface area contributed by atoms with Crippen molar-refractivity contribution >= 4 is 182 Å². The molecule has 0 spiro atoms. The van der Waals surface area contributed by atoms with Crippen molar-refractivity contribution in [2.75, 3.05) is 67.8 Å². The standard InChI is InChI=1S/C34H39ClF3N5O7SSi.C30H41BClN3O7Si.C10H10BrF3N2O2S.C8H5BrF3NO2S.C6H5BrO2S/c1-42(2)51(46,41-32(45)34(36,37)38)23-12-10-21(11-13-23)20-6-8-22(9-7-20)28-24(35)16-25-31(40-28)43(19-47-14-15-52(3,4)5)33(39-25)50-27-18-49-29-26(44)17-48-30(27)29;1-29(2)30(3,4)42-31(41-29)19-10-8-18(9-11-19)24-20(32)14-21-27(34-24)35(17-37-12-13-43(5,6)7)28(33-21)40-23-16-39-25-22(36)15-38-26(23)25;1-16(2)19(18,15-9(17)10(12,13)14)8-5-3-7(11)4-6-8;9-5-1-3-6(4-2-5)16(15)13-7(14)8(10,11)12;7-5-1-3-6(4-2-5)10(8)9/h6-13,16,26-27,29-30,44H,14-15,17-19H2,1-5H3;8-11,14,22-23,25-26,36H,12-13,15-17H2,1-7H3;3-6H,1-2H3;1-4H,(H,13,14);1-4H,(H,8,9)/t26-,27-,29-,30-,51?;22-,23-,25-,26-;;;/m11.../s1. The Balaban J connectivity index is 0.000000188. The van der Waals surface area contributed by atoms with Gasteiger partial charge in [0, 0.05) is 82.1 Å². The zero-order valence-corrected chi connectivity index (χ0v) is 89.0. The van der Waals surface area contributed by atoms with Crippen LogP contribution in [0.4, 0.5) is 39.5 Å². The van der Waals surface area contributed by atoms with Crippen molar-refractivity contribution in [3.63, 3.8) is 0 Å². The molecule has 4 N–H and O–H groups in total. The van der Waals surface area contributed by atoms with Gasteiger partial charge in [-0.1, -0.05) is 171 Å². The number of aliphatic hydroxyl groups is 2. The lowest BCUT2D eigenvalue weighted by atomic mass is 9.79. The highest BCUT2D eigenvalue weighted by Gasteiger charge is 2.53. The molecule has 0 aliphatic carbocycles. The average Bonchev–Trinajstić information content (AvgIpc) is 1.61. The summed E-state index contributed by atoms with van der Waals surface area (Å²) in [6.45, 7) is 24.3. The first-order valence-electron chi connectivity index (χ1n) is 42.6. The fraction of sp³-hybridized carbons (Fsp3) is 0.420. The molecule has 6 aromatic carbocycles. The Bertz CT molecular complexity index is 6380. The number of carbonyl (C=O) groups is 3. The molecule has 5 fully saturated rings. The van der Waals surface area contributed by atoms with Crippen molar-refractivity contribution in [3.05, 3.63) is 181 Å². The molecule has 12 atom stereocenters. The molecule has 31 nitrogen and oxygen atoms in total. The Morgan fingerprint density at radius 3 is 1.21 bits per heavy atom. The van der Waals surface area contributed by atoms with Crippen molar-refractivity contribution in [3.8, 4) is 45.7 Å². The van der Waals surface area contributed by atoms with E-state index in [-0.39, 0.29) is 60.1 Å². The van der Waals surface area contributed by atoms with Gasteiger partial charge in [0.05, 0.1) is 78.6 Å². The number of ether oxygens (including phenoxy) is 8. The van der Waals surface area contributed by atoms with Crippen LogP contribution >= 0.6 is 71.0 Å². The summed E-state index contributed by atoms with van der Waals surface area (Å²) in [5.41, 5.74) is 6.34. The molecule has 10 aromatic rings. The molecular weight excluding hydrogens is 2210 g/mol. The third-order valence-electron chi connectivity index (χ3n) is 22.0. The van der Waals surface area contributed by atoms with Gasteiger partial charge < -0.3 is 62.0 Å². The first-order valence-corrected chi connectivity index (χ1v) is 58.4. The molecule has 5 aliphatic heterocycles. The molecule has 15 rings (SSSR count). The first-order chi connectivity index (χ1) is 65.2. The fourth-order valence-corrected chi connectivity index (χ4v) is 20.6. The summed E-state index contributed by atoms with van der Waals surface area (Å²) in [4.78, 5) is 52.8. The van der Waals surface area contributed by atoms with Gasteiger partial charge in [0.25, 0.3) is 0 Å². The number of alkyl halides is 9. The molecule has 5 aliphatic rings. The van der Waals surface area contributed by atoms with E-state index in [4.69, 9.17) is 94.9 Å². The Morgan fingerprint density at radius 2 is 0.857 bits per heavy atom. The maximum Gasteiger partial charge on any atom is 0.494 e. The molecule has 3 amide bonds. The molecule has 5 saturated heterocycles. The lowest BCUT2D eigenvalue weighted by Gasteiger charge is -2.32. The summed E-state index contributed by atoms with van der Waals surface area (Å²) in [6.07, 6.45) is -19.4. The van der Waals surface area contributed by atoms with Crippen LogP contribution in [0.25, 0.3) is 56.0 Å². The number of halogens is 14. The first kappa shape index (κ1) is 113. The van der Waals surface area contributed by atoms with Crippen molar-refractivity contribution in [2.45, 2.75) is 191 Å². The Labute approximate surface area is 844 Å². The molecule has 9 heterocycles. The third-order valence-corrected chi connectivity index (χ3v) is 33.9. The van der Waals surface area contributed by atoms with E-state index in [0.717, 1.165) is 41.8 Å². The molecule has 52 heteroatoms. The van der Waals surface area contributed by atoms with Gasteiger partial charge in [0.15, 0.2) is 45.6 Å². The monoisotopic (exact) mass is 2300 g/mol. The number of carbonyl (C=O) groups excluding carboxylic acids is 3. The normalized spacial score (nSPS) is 20.7. The third kappa shape index (κ3) is 28.9. The minimum Gasteiger partial charge on any atom is -0.456 e. The second-order valence-corrected chi connectivity index (χ2v) is 57.6. The molecular formula is C88H100BBr3Cl2F9N11O20S4Si2. The maximum atomic E-state index is 13.4. The van der Waals surface area contributed by atoms with Gasteiger partial charge in [0.2, 0.25) is 0 Å². The molecule has 760 valence electrons. The highest BCUT2D eigenvalue weighted by molar-refractivity contribution is 9.11. The van der Waals surface area contributed by atoms with E-state index in [2.05, 4.69) is 95.8 Å². The molecule has 140 heavy (non-hydrogen) atoms. The molecule has 0 bridgehead atoms. The predicted octanol–water partition coefficient (Wildman–Crippen LogP) is 17.3. The second-order valence-electron chi connectivity index (χ2n) is 35.8. The van der Waals surface area contributed by atoms with Crippen LogP contribution in [0.1, 0.15) is 27.7 Å². The number of aromatic nitrogens is 6. The van der Waals surface area contributed by atoms with Crippen LogP contribution in [0.5, 0.6) is 12.0 Å². The number of nitrogens with zero attached hydrogens (tertiary/aromatic N) is 10. The van der Waals surface area contributed by atoms with Gasteiger partial charge in [0.1, 0.15) is 80.9 Å². The lowest BCUT2D eigenvalue weighted by Crippen LogP contribution is -2.41. The van der Waals surface area contributed by atoms with Crippen LogP contribution < -0.4 is 19.7 Å². The zero-order valence-electron chi connectivity index (χ0n) is 77.5. The lowest BCUT2D eigenvalue weighted by molar-refractivity contribution is -0.171. The topological polar surface area (TPSA) is 377 Å². The molecule has 4 aromatic heterocycles. The highest BCUT2D eigenvalue weighted by Crippen LogP contribution is 2.41. The highest BCUT2D eigenvalue weighted by atomic mass is 79.9. The van der Waals surface area contributed by atoms with Crippen LogP contribution in [0, 0.1) is 0 Å². The summed E-state index contributed by atoms with van der Waals surface area (Å²) < 4.78 is 242. The molecule has 0 saturated carbocycles. The van der Waals surface area contributed by atoms with Gasteiger partial charge in [-0.2, -0.15) is 49.5 Å². The van der Waals surface area contributed by atoms with Crippen molar-refractivity contribution in [2.24, 2.45) is 8.73 Å². The largest absolute Gasteiger partial charge is 0.494 e. The number of hydrogen-bond acceptors (Lipinski definition) is 23. The van der Waals surface area contributed by atoms with Gasteiger partial charge >= 0.3 is 55.4 Å². The summed E-state index contributed by atoms with van der Waals surface area (Å²) >= 11 is 21.2. The predicted molar refractivity (Wildman–Crippen MR) is 524 cm³/mol. The number of rotatable bonds is 25. The van der Waals surface area contributed by atoms with Crippen LogP contribution in [0.15, 0.2) is 199 Å². The number of imidazole rings is 2. The summed E-state index contributed by atoms with van der Waals surface area (Å²) in [6, 6.07) is 45.3. The summed E-state index contributed by atoms with van der Waals surface area (Å²) in [5, 5.41) is 21.2. The van der Waals surface area contributed by atoms with Crippen molar-refractivity contribution < 1.29 is 133 Å². The SMILES string of the molecule is CC1(C)OB(c2ccc(-c3nc4c(cc3Cl)nc(O[C@@H]3CO[C@H]5[C@@H]3OC[C@H]5O)n4COCC[Si](C)(C)C)cc2)OC1(C)C.CN(C)S(=O)(=NC(=O)C(F)(F)F)c1ccc(-c2ccc(-c3nc4c(cc3Cl)nc(O[C@@H]3CO[C@H]5[C@@H]3OC[C@H]5O)n4COCC[Si](C)(C)C)cc2)cc1.CN(C)S(=O)(=NC(=O)C(F)(F)F)c1ccc(Br)cc1.O=C(NS(=O)c1ccc(Br)cc1)C(F)(F)F.O=S(O)c1ccc(Br)cc1. The quantitative estimate of drug-likeness (QED) is 0.0179. The van der Waals surface area contributed by atoms with Crippen molar-refractivity contribution in [1.82, 2.24) is 42.4 Å². The van der Waals surface area contributed by atoms with Gasteiger partial charge in [-0.3, -0.25) is 28.2 Å². The van der Waals surface area contributed by atoms with Gasteiger partial charge in [-0.25, -0.2) is 35.4 Å². The molecule has 4 unspecified atom stereocenters. The zero-order chi connectivity index (χ0) is 103. The fourth-order valence-electron chi connectivity index (χ4n) is 13.6. The van der Waals surface area contributed by atoms with Gasteiger partial charge in [-0.05, 0) is 153 Å².